The Bertz CT molecular complexity index is 1370. The van der Waals surface area contributed by atoms with Crippen LogP contribution in [0, 0.1) is 23.7 Å². The first-order valence-electron chi connectivity index (χ1n) is 14.4. The van der Waals surface area contributed by atoms with Crippen molar-refractivity contribution in [1.29, 1.82) is 0 Å². The van der Waals surface area contributed by atoms with Crippen LogP contribution >= 0.6 is 0 Å². The highest BCUT2D eigenvalue weighted by atomic mass is 16.5. The first-order valence-corrected chi connectivity index (χ1v) is 14.4. The first kappa shape index (κ1) is 30.3. The molecule has 1 aliphatic heterocycles. The number of benzene rings is 1. The van der Waals surface area contributed by atoms with Crippen LogP contribution in [0.25, 0.3) is 0 Å². The van der Waals surface area contributed by atoms with E-state index in [2.05, 4.69) is 4.90 Å². The van der Waals surface area contributed by atoms with Gasteiger partial charge in [-0.1, -0.05) is 0 Å². The molecule has 1 aromatic rings. The van der Waals surface area contributed by atoms with Crippen LogP contribution in [-0.4, -0.2) is 114 Å². The van der Waals surface area contributed by atoms with Gasteiger partial charge in [-0.3, -0.25) is 33.8 Å². The van der Waals surface area contributed by atoms with Crippen molar-refractivity contribution in [1.82, 2.24) is 9.80 Å². The largest absolute Gasteiger partial charge is 0.507 e. The number of likely N-dealkylation sites (N-methyl/N-ethyl adjacent to an activating group) is 1. The number of carbonyl (C=O) groups is 5. The fourth-order valence-electron chi connectivity index (χ4n) is 7.88. The number of morpholine rings is 1. The predicted molar refractivity (Wildman–Crippen MR) is 151 cm³/mol. The number of nitrogens with two attached hydrogens (primary N) is 1. The zero-order chi connectivity index (χ0) is 31.0. The summed E-state index contributed by atoms with van der Waals surface area (Å²) in [5.74, 6) is -10.4. The Kier molecular flexibility index (Phi) is 7.58. The van der Waals surface area contributed by atoms with Crippen molar-refractivity contribution >= 4 is 34.7 Å². The Balaban J connectivity index is 1.60. The molecule has 2 unspecified atom stereocenters. The molecule has 8 atom stereocenters. The summed E-state index contributed by atoms with van der Waals surface area (Å²) in [5.41, 5.74) is 4.49. The van der Waals surface area contributed by atoms with Crippen molar-refractivity contribution in [3.63, 3.8) is 0 Å². The first-order chi connectivity index (χ1) is 19.6. The van der Waals surface area contributed by atoms with Crippen LogP contribution < -0.4 is 10.6 Å². The lowest BCUT2D eigenvalue weighted by molar-refractivity contribution is -0.181. The summed E-state index contributed by atoms with van der Waals surface area (Å²) in [5, 5.41) is 23.3. The number of rotatable bonds is 5. The van der Waals surface area contributed by atoms with Gasteiger partial charge in [-0.15, -0.1) is 0 Å². The zero-order valence-electron chi connectivity index (χ0n) is 24.9. The number of nitrogens with zero attached hydrogens (tertiary/aromatic N) is 3. The Labute approximate surface area is 244 Å². The van der Waals surface area contributed by atoms with Gasteiger partial charge in [-0.2, -0.15) is 0 Å². The van der Waals surface area contributed by atoms with Gasteiger partial charge in [-0.05, 0) is 58.3 Å². The number of amides is 1. The maximum atomic E-state index is 14.2. The Morgan fingerprint density at radius 2 is 1.71 bits per heavy atom. The number of anilines is 1. The van der Waals surface area contributed by atoms with E-state index in [1.807, 2.05) is 38.9 Å². The number of phenols is 1. The Hall–Kier alpha value is -3.19. The smallest absolute Gasteiger partial charge is 0.235 e. The summed E-state index contributed by atoms with van der Waals surface area (Å²) in [4.78, 5) is 72.7. The lowest BCUT2D eigenvalue weighted by Crippen LogP contribution is -2.74. The lowest BCUT2D eigenvalue weighted by Gasteiger charge is -2.52. The maximum Gasteiger partial charge on any atom is 0.235 e. The van der Waals surface area contributed by atoms with Crippen molar-refractivity contribution in [2.45, 2.75) is 57.1 Å². The third-order valence-electron chi connectivity index (χ3n) is 9.49. The quantitative estimate of drug-likeness (QED) is 0.383. The van der Waals surface area contributed by atoms with Gasteiger partial charge in [0.05, 0.1) is 29.7 Å². The second kappa shape index (κ2) is 10.5. The molecule has 4 N–H and O–H groups in total. The van der Waals surface area contributed by atoms with E-state index in [1.54, 1.807) is 14.1 Å². The van der Waals surface area contributed by atoms with E-state index >= 15 is 0 Å². The van der Waals surface area contributed by atoms with Gasteiger partial charge in [0.1, 0.15) is 5.75 Å². The van der Waals surface area contributed by atoms with Crippen LogP contribution in [0.1, 0.15) is 41.8 Å². The summed E-state index contributed by atoms with van der Waals surface area (Å²) in [7, 11) is 6.80. The van der Waals surface area contributed by atoms with E-state index < -0.39 is 64.4 Å². The molecular weight excluding hydrogens is 544 g/mol. The van der Waals surface area contributed by atoms with Crippen LogP contribution in [0.5, 0.6) is 5.75 Å². The number of carbonyl (C=O) groups excluding carboxylic acids is 5. The predicted octanol–water partition coefficient (Wildman–Crippen LogP) is -0.458. The number of aromatic hydroxyl groups is 1. The average Bonchev–Trinajstić information content (AvgIpc) is 2.86. The van der Waals surface area contributed by atoms with Gasteiger partial charge in [0.2, 0.25) is 5.91 Å². The second-order valence-corrected chi connectivity index (χ2v) is 12.9. The van der Waals surface area contributed by atoms with Gasteiger partial charge in [0.15, 0.2) is 34.7 Å². The van der Waals surface area contributed by atoms with Crippen LogP contribution in [0.15, 0.2) is 6.07 Å². The molecule has 0 radical (unpaired) electrons. The molecule has 1 heterocycles. The molecule has 1 amide bonds. The van der Waals surface area contributed by atoms with Crippen LogP contribution in [0.3, 0.4) is 0 Å². The minimum absolute atomic E-state index is 0.00656. The molecule has 12 heteroatoms. The summed E-state index contributed by atoms with van der Waals surface area (Å²) in [6.45, 7) is 5.57. The molecule has 0 bridgehead atoms. The SMILES string of the molecule is C[C@@H]1CN(Cc2cc(N(C)C)c3c(c2O)C(=O)C2C(=O)[C@]4(O)C(=O)C(C(N)=O)C(=O)[C@@H](N(C)C)[C@@H]4C[C@@H]2C3)C[C@H](C)O1. The van der Waals surface area contributed by atoms with Crippen LogP contribution in [0.2, 0.25) is 0 Å². The molecule has 0 spiro atoms. The van der Waals surface area contributed by atoms with Gasteiger partial charge in [0, 0.05) is 50.9 Å². The molecule has 12 nitrogen and oxygen atoms in total. The highest BCUT2D eigenvalue weighted by Gasteiger charge is 2.69. The standard InChI is InChI=1S/C30H40N4O8/c1-13-10-34(11-14(2)42-13)12-16-9-19(32(3)4)17-7-15-8-18-23(33(5)6)26(37)22(29(31)40)28(39)30(18,41)27(38)20(15)25(36)21(17)24(16)35/h9,13-15,18,20,22-23,35,41H,7-8,10-12H2,1-6H3,(H2,31,40)/t13-,14+,15-,18-,20?,22?,23-,30-/m0/s1. The van der Waals surface area contributed by atoms with E-state index in [1.165, 1.54) is 4.90 Å². The molecular formula is C30H40N4O8. The van der Waals surface area contributed by atoms with E-state index in [-0.39, 0.29) is 36.4 Å². The van der Waals surface area contributed by atoms with Gasteiger partial charge in [-0.25, -0.2) is 0 Å². The molecule has 42 heavy (non-hydrogen) atoms. The maximum absolute atomic E-state index is 14.2. The molecule has 4 aliphatic rings. The lowest BCUT2D eigenvalue weighted by atomic mass is 9.52. The monoisotopic (exact) mass is 584 g/mol. The van der Waals surface area contributed by atoms with Crippen molar-refractivity contribution in [2.75, 3.05) is 46.2 Å². The van der Waals surface area contributed by atoms with E-state index in [0.29, 0.717) is 30.8 Å². The molecule has 2 saturated carbocycles. The highest BCUT2D eigenvalue weighted by Crippen LogP contribution is 2.52. The van der Waals surface area contributed by atoms with Gasteiger partial charge >= 0.3 is 0 Å². The average molecular weight is 585 g/mol. The van der Waals surface area contributed by atoms with Gasteiger partial charge < -0.3 is 25.6 Å². The number of Topliss-reactive ketones (excluding diaryl/α,β-unsaturated/α-hetero) is 4. The second-order valence-electron chi connectivity index (χ2n) is 12.9. The number of ether oxygens (including phenoxy) is 1. The molecule has 5 rings (SSSR count). The topological polar surface area (TPSA) is 171 Å². The number of hydrogen-bond acceptors (Lipinski definition) is 11. The number of phenolic OH excluding ortho intramolecular Hbond substituents is 1. The minimum Gasteiger partial charge on any atom is -0.507 e. The molecule has 3 fully saturated rings. The van der Waals surface area contributed by atoms with E-state index in [0.717, 1.165) is 5.69 Å². The van der Waals surface area contributed by atoms with Crippen molar-refractivity contribution in [3.8, 4) is 5.75 Å². The molecule has 1 aromatic carbocycles. The number of fused-ring (bicyclic) bond motifs is 3. The third kappa shape index (κ3) is 4.47. The fraction of sp³-hybridized carbons (Fsp3) is 0.633. The van der Waals surface area contributed by atoms with E-state index in [4.69, 9.17) is 10.5 Å². The molecule has 3 aliphatic carbocycles. The summed E-state index contributed by atoms with van der Waals surface area (Å²) < 4.78 is 5.83. The van der Waals surface area contributed by atoms with Crippen molar-refractivity contribution in [2.24, 2.45) is 29.4 Å². The normalized spacial score (nSPS) is 35.1. The van der Waals surface area contributed by atoms with E-state index in [9.17, 15) is 34.2 Å². The third-order valence-corrected chi connectivity index (χ3v) is 9.49. The van der Waals surface area contributed by atoms with Crippen LogP contribution in [-0.2, 0) is 36.9 Å². The van der Waals surface area contributed by atoms with Crippen LogP contribution in [0.4, 0.5) is 5.69 Å². The number of aliphatic hydroxyl groups is 1. The summed E-state index contributed by atoms with van der Waals surface area (Å²) >= 11 is 0. The van der Waals surface area contributed by atoms with Crippen molar-refractivity contribution in [3.05, 3.63) is 22.8 Å². The molecule has 0 aromatic heterocycles. The molecule has 228 valence electrons. The fourth-order valence-corrected chi connectivity index (χ4v) is 7.88. The zero-order valence-corrected chi connectivity index (χ0v) is 24.9. The van der Waals surface area contributed by atoms with Crippen molar-refractivity contribution < 1.29 is 38.9 Å². The summed E-state index contributed by atoms with van der Waals surface area (Å²) in [6, 6.07) is 0.732. The minimum atomic E-state index is -2.74. The number of hydrogen-bond donors (Lipinski definition) is 3. The highest BCUT2D eigenvalue weighted by molar-refractivity contribution is 6.32. The Morgan fingerprint density at radius 1 is 1.10 bits per heavy atom. The molecule has 1 saturated heterocycles. The Morgan fingerprint density at radius 3 is 2.26 bits per heavy atom. The van der Waals surface area contributed by atoms with Gasteiger partial charge in [0.25, 0.3) is 0 Å². The number of primary amides is 1. The summed E-state index contributed by atoms with van der Waals surface area (Å²) in [6.07, 6.45) is 0.225. The number of ketones is 4.